The first-order valence-corrected chi connectivity index (χ1v) is 12.4. The fourth-order valence-electron chi connectivity index (χ4n) is 4.62. The Morgan fingerprint density at radius 2 is 1.85 bits per heavy atom. The summed E-state index contributed by atoms with van der Waals surface area (Å²) in [7, 11) is 2.07. The van der Waals surface area contributed by atoms with Crippen molar-refractivity contribution in [3.63, 3.8) is 0 Å². The first-order valence-electron chi connectivity index (χ1n) is 11.1. The molecule has 1 aliphatic heterocycles. The first-order chi connectivity index (χ1) is 16.5. The number of thiophene rings is 1. The summed E-state index contributed by atoms with van der Waals surface area (Å²) >= 11 is 7.79. The van der Waals surface area contributed by atoms with Gasteiger partial charge in [-0.15, -0.1) is 17.9 Å². The van der Waals surface area contributed by atoms with Crippen molar-refractivity contribution >= 4 is 66.9 Å². The Hall–Kier alpha value is -3.19. The van der Waals surface area contributed by atoms with Gasteiger partial charge in [-0.3, -0.25) is 14.9 Å². The van der Waals surface area contributed by atoms with E-state index in [4.69, 9.17) is 11.6 Å². The molecule has 0 fully saturated rings. The molecule has 34 heavy (non-hydrogen) atoms. The Morgan fingerprint density at radius 3 is 2.65 bits per heavy atom. The average Bonchev–Trinajstić information content (AvgIpc) is 3.47. The molecule has 0 unspecified atom stereocenters. The zero-order valence-electron chi connectivity index (χ0n) is 18.8. The van der Waals surface area contributed by atoms with Gasteiger partial charge in [-0.2, -0.15) is 0 Å². The molecule has 0 saturated carbocycles. The Kier molecular flexibility index (Phi) is 6.13. The van der Waals surface area contributed by atoms with E-state index >= 15 is 0 Å². The SMILES string of the molecule is C=CCN(C)CCCn1cc(C2=C(c3csc4ccc(Cl)cc34)C(=O)NC2=O)c2ccccc21. The van der Waals surface area contributed by atoms with Crippen LogP contribution in [-0.4, -0.2) is 41.4 Å². The number of fused-ring (bicyclic) bond motifs is 2. The molecule has 172 valence electrons. The summed E-state index contributed by atoms with van der Waals surface area (Å²) in [4.78, 5) is 28.3. The molecule has 2 amide bonds. The van der Waals surface area contributed by atoms with Crippen LogP contribution in [0.15, 0.2) is 66.7 Å². The van der Waals surface area contributed by atoms with Crippen molar-refractivity contribution in [2.24, 2.45) is 0 Å². The number of nitrogens with one attached hydrogen (secondary N) is 1. The number of hydrogen-bond donors (Lipinski definition) is 1. The van der Waals surface area contributed by atoms with Crippen molar-refractivity contribution in [3.05, 3.63) is 82.8 Å². The Bertz CT molecular complexity index is 1480. The van der Waals surface area contributed by atoms with Crippen LogP contribution in [0.2, 0.25) is 5.02 Å². The molecule has 0 spiro atoms. The van der Waals surface area contributed by atoms with Crippen molar-refractivity contribution in [2.75, 3.05) is 20.1 Å². The molecule has 5 nitrogen and oxygen atoms in total. The standard InChI is InChI=1S/C27H24ClN3O2S/c1-3-11-30(2)12-6-13-31-15-20(18-7-4-5-8-22(18)31)24-25(27(33)29-26(24)32)21-16-34-23-10-9-17(28)14-19(21)23/h3-5,7-10,14-16H,1,6,11-13H2,2H3,(H,29,32,33). The van der Waals surface area contributed by atoms with Crippen LogP contribution in [0.1, 0.15) is 17.5 Å². The van der Waals surface area contributed by atoms with Gasteiger partial charge in [0.05, 0.1) is 11.1 Å². The van der Waals surface area contributed by atoms with E-state index in [0.717, 1.165) is 58.2 Å². The van der Waals surface area contributed by atoms with Gasteiger partial charge in [-0.1, -0.05) is 35.9 Å². The van der Waals surface area contributed by atoms with Crippen molar-refractivity contribution in [3.8, 4) is 0 Å². The number of amides is 2. The molecule has 5 rings (SSSR count). The molecule has 3 heterocycles. The third kappa shape index (κ3) is 3.98. The first kappa shape index (κ1) is 22.6. The summed E-state index contributed by atoms with van der Waals surface area (Å²) in [6, 6.07) is 13.6. The van der Waals surface area contributed by atoms with Crippen molar-refractivity contribution in [1.29, 1.82) is 0 Å². The van der Waals surface area contributed by atoms with Gasteiger partial charge < -0.3 is 9.47 Å². The van der Waals surface area contributed by atoms with Crippen LogP contribution in [0.25, 0.3) is 32.1 Å². The fourth-order valence-corrected chi connectivity index (χ4v) is 5.72. The lowest BCUT2D eigenvalue weighted by atomic mass is 9.95. The minimum Gasteiger partial charge on any atom is -0.347 e. The largest absolute Gasteiger partial charge is 0.347 e. The zero-order valence-corrected chi connectivity index (χ0v) is 20.4. The lowest BCUT2D eigenvalue weighted by Crippen LogP contribution is -2.22. The van der Waals surface area contributed by atoms with Gasteiger partial charge in [-0.25, -0.2) is 0 Å². The highest BCUT2D eigenvalue weighted by atomic mass is 35.5. The second-order valence-corrected chi connectivity index (χ2v) is 9.83. The summed E-state index contributed by atoms with van der Waals surface area (Å²) in [6.45, 7) is 6.37. The van der Waals surface area contributed by atoms with Crippen LogP contribution in [0.4, 0.5) is 0 Å². The average molecular weight is 490 g/mol. The summed E-state index contributed by atoms with van der Waals surface area (Å²) in [5.41, 5.74) is 3.38. The number of carbonyl (C=O) groups excluding carboxylic acids is 2. The number of aryl methyl sites for hydroxylation is 1. The molecule has 1 aliphatic rings. The second-order valence-electron chi connectivity index (χ2n) is 8.48. The van der Waals surface area contributed by atoms with E-state index in [-0.39, 0.29) is 11.8 Å². The van der Waals surface area contributed by atoms with Crippen molar-refractivity contribution in [2.45, 2.75) is 13.0 Å². The Labute approximate surface area is 206 Å². The van der Waals surface area contributed by atoms with Gasteiger partial charge in [-0.05, 0) is 44.3 Å². The van der Waals surface area contributed by atoms with Crippen LogP contribution < -0.4 is 5.32 Å². The fraction of sp³-hybridized carbons (Fsp3) is 0.185. The highest BCUT2D eigenvalue weighted by Crippen LogP contribution is 2.40. The van der Waals surface area contributed by atoms with Crippen LogP contribution in [-0.2, 0) is 16.1 Å². The van der Waals surface area contributed by atoms with Crippen LogP contribution in [0.5, 0.6) is 0 Å². The van der Waals surface area contributed by atoms with E-state index in [1.165, 1.54) is 11.3 Å². The van der Waals surface area contributed by atoms with E-state index < -0.39 is 0 Å². The molecular weight excluding hydrogens is 466 g/mol. The normalized spacial score (nSPS) is 14.1. The maximum atomic E-state index is 13.1. The minimum absolute atomic E-state index is 0.366. The molecule has 7 heteroatoms. The smallest absolute Gasteiger partial charge is 0.259 e. The number of para-hydroxylation sites is 1. The predicted octanol–water partition coefficient (Wildman–Crippen LogP) is 5.58. The number of aromatic nitrogens is 1. The molecule has 0 atom stereocenters. The number of benzene rings is 2. The van der Waals surface area contributed by atoms with Crippen molar-refractivity contribution in [1.82, 2.24) is 14.8 Å². The van der Waals surface area contributed by atoms with Crippen molar-refractivity contribution < 1.29 is 9.59 Å². The van der Waals surface area contributed by atoms with E-state index in [2.05, 4.69) is 34.5 Å². The summed E-state index contributed by atoms with van der Waals surface area (Å²) in [5, 5.41) is 6.89. The molecular formula is C27H24ClN3O2S. The monoisotopic (exact) mass is 489 g/mol. The van der Waals surface area contributed by atoms with E-state index in [0.29, 0.717) is 16.2 Å². The quantitative estimate of drug-likeness (QED) is 0.259. The predicted molar refractivity (Wildman–Crippen MR) is 141 cm³/mol. The minimum atomic E-state index is -0.373. The van der Waals surface area contributed by atoms with E-state index in [1.54, 1.807) is 0 Å². The third-order valence-electron chi connectivity index (χ3n) is 6.17. The lowest BCUT2D eigenvalue weighted by Gasteiger charge is -2.14. The van der Waals surface area contributed by atoms with Gasteiger partial charge in [0.15, 0.2) is 0 Å². The third-order valence-corrected chi connectivity index (χ3v) is 7.37. The molecule has 0 aliphatic carbocycles. The van der Waals surface area contributed by atoms with E-state index in [1.807, 2.05) is 54.1 Å². The number of hydrogen-bond acceptors (Lipinski definition) is 4. The summed E-state index contributed by atoms with van der Waals surface area (Å²) < 4.78 is 3.19. The topological polar surface area (TPSA) is 54.3 Å². The number of halogens is 1. The maximum absolute atomic E-state index is 13.1. The zero-order chi connectivity index (χ0) is 23.8. The summed E-state index contributed by atoms with van der Waals surface area (Å²) in [6.07, 6.45) is 4.86. The van der Waals surface area contributed by atoms with Gasteiger partial charge in [0.25, 0.3) is 11.8 Å². The highest BCUT2D eigenvalue weighted by Gasteiger charge is 2.35. The Balaban J connectivity index is 1.63. The highest BCUT2D eigenvalue weighted by molar-refractivity contribution is 7.17. The van der Waals surface area contributed by atoms with Gasteiger partial charge in [0.2, 0.25) is 0 Å². The molecule has 0 saturated heterocycles. The Morgan fingerprint density at radius 1 is 1.09 bits per heavy atom. The number of nitrogens with zero attached hydrogens (tertiary/aromatic N) is 2. The van der Waals surface area contributed by atoms with E-state index in [9.17, 15) is 9.59 Å². The van der Waals surface area contributed by atoms with Gasteiger partial charge in [0.1, 0.15) is 0 Å². The number of carbonyl (C=O) groups is 2. The number of likely N-dealkylation sites (N-methyl/N-ethyl adjacent to an activating group) is 1. The van der Waals surface area contributed by atoms with Crippen LogP contribution in [0, 0.1) is 0 Å². The molecule has 2 aromatic carbocycles. The van der Waals surface area contributed by atoms with Gasteiger partial charge >= 0.3 is 0 Å². The molecule has 2 aromatic heterocycles. The molecule has 4 aromatic rings. The van der Waals surface area contributed by atoms with Gasteiger partial charge in [0, 0.05) is 61.8 Å². The second kappa shape index (κ2) is 9.22. The number of rotatable bonds is 8. The van der Waals surface area contributed by atoms with Crippen LogP contribution in [0.3, 0.4) is 0 Å². The summed E-state index contributed by atoms with van der Waals surface area (Å²) in [5.74, 6) is -0.738. The lowest BCUT2D eigenvalue weighted by molar-refractivity contribution is -0.122. The molecule has 0 radical (unpaired) electrons. The molecule has 1 N–H and O–H groups in total. The maximum Gasteiger partial charge on any atom is 0.259 e. The van der Waals surface area contributed by atoms with Crippen LogP contribution >= 0.6 is 22.9 Å². The number of imide groups is 1. The molecule has 0 bridgehead atoms.